The Labute approximate surface area is 175 Å². The number of likely N-dealkylation sites (tertiary alicyclic amines) is 1. The number of thiophene rings is 1. The van der Waals surface area contributed by atoms with E-state index >= 15 is 0 Å². The maximum atomic E-state index is 13.2. The second-order valence-corrected chi connectivity index (χ2v) is 8.03. The van der Waals surface area contributed by atoms with Crippen molar-refractivity contribution in [2.45, 2.75) is 25.1 Å². The fourth-order valence-electron chi connectivity index (χ4n) is 3.62. The van der Waals surface area contributed by atoms with Gasteiger partial charge in [0.15, 0.2) is 5.69 Å². The molecule has 1 unspecified atom stereocenters. The van der Waals surface area contributed by atoms with Crippen LogP contribution in [0.25, 0.3) is 5.69 Å². The summed E-state index contributed by atoms with van der Waals surface area (Å²) in [6, 6.07) is 9.14. The minimum Gasteiger partial charge on any atom is -0.349 e. The normalized spacial score (nSPS) is 16.0. The standard InChI is InChI=1S/C20H20F3N5OS/c21-20(22,23)14-6-1-2-7-16(14)28-13-15(25-26-28)19(29)24-12-17(18-8-5-11-30-18)27-9-3-4-10-27/h1-2,5-8,11,13,17H,3-4,9-10,12H2,(H,24,29). The maximum Gasteiger partial charge on any atom is 0.418 e. The summed E-state index contributed by atoms with van der Waals surface area (Å²) in [5.74, 6) is -0.466. The van der Waals surface area contributed by atoms with Crippen LogP contribution < -0.4 is 5.32 Å². The number of amides is 1. The molecule has 0 spiro atoms. The third-order valence-corrected chi connectivity index (χ3v) is 6.06. The summed E-state index contributed by atoms with van der Waals surface area (Å²) < 4.78 is 40.7. The molecule has 30 heavy (non-hydrogen) atoms. The van der Waals surface area contributed by atoms with Crippen molar-refractivity contribution >= 4 is 17.2 Å². The van der Waals surface area contributed by atoms with E-state index in [0.717, 1.165) is 36.7 Å². The van der Waals surface area contributed by atoms with Crippen LogP contribution in [0.1, 0.15) is 39.8 Å². The van der Waals surface area contributed by atoms with Gasteiger partial charge in [0.05, 0.1) is 23.5 Å². The second-order valence-electron chi connectivity index (χ2n) is 7.05. The van der Waals surface area contributed by atoms with E-state index in [2.05, 4.69) is 20.5 Å². The lowest BCUT2D eigenvalue weighted by atomic mass is 10.1. The van der Waals surface area contributed by atoms with Gasteiger partial charge in [-0.1, -0.05) is 23.4 Å². The van der Waals surface area contributed by atoms with Gasteiger partial charge in [0.1, 0.15) is 0 Å². The van der Waals surface area contributed by atoms with Gasteiger partial charge >= 0.3 is 6.18 Å². The van der Waals surface area contributed by atoms with Gasteiger partial charge in [-0.25, -0.2) is 4.68 Å². The number of nitrogens with zero attached hydrogens (tertiary/aromatic N) is 4. The zero-order valence-electron chi connectivity index (χ0n) is 16.0. The first-order valence-electron chi connectivity index (χ1n) is 9.58. The van der Waals surface area contributed by atoms with Gasteiger partial charge < -0.3 is 5.32 Å². The van der Waals surface area contributed by atoms with Crippen LogP contribution in [0.5, 0.6) is 0 Å². The first-order chi connectivity index (χ1) is 14.4. The molecule has 1 atom stereocenters. The van der Waals surface area contributed by atoms with E-state index in [1.165, 1.54) is 29.3 Å². The zero-order valence-corrected chi connectivity index (χ0v) is 16.8. The average molecular weight is 435 g/mol. The minimum absolute atomic E-state index is 0.0293. The molecule has 158 valence electrons. The van der Waals surface area contributed by atoms with E-state index in [4.69, 9.17) is 0 Å². The number of hydrogen-bond acceptors (Lipinski definition) is 5. The highest BCUT2D eigenvalue weighted by Crippen LogP contribution is 2.33. The highest BCUT2D eigenvalue weighted by atomic mass is 32.1. The Bertz CT molecular complexity index is 996. The van der Waals surface area contributed by atoms with E-state index in [9.17, 15) is 18.0 Å². The maximum absolute atomic E-state index is 13.2. The molecule has 10 heteroatoms. The summed E-state index contributed by atoms with van der Waals surface area (Å²) in [6.07, 6.45) is -1.06. The molecule has 2 aromatic heterocycles. The number of hydrogen-bond donors (Lipinski definition) is 1. The molecule has 3 aromatic rings. The molecule has 1 aliphatic rings. The highest BCUT2D eigenvalue weighted by molar-refractivity contribution is 7.10. The Morgan fingerprint density at radius 3 is 2.63 bits per heavy atom. The van der Waals surface area contributed by atoms with Crippen molar-refractivity contribution < 1.29 is 18.0 Å². The molecule has 1 N–H and O–H groups in total. The Morgan fingerprint density at radius 2 is 1.93 bits per heavy atom. The molecule has 1 aromatic carbocycles. The average Bonchev–Trinajstić information content (AvgIpc) is 3.49. The fraction of sp³-hybridized carbons (Fsp3) is 0.350. The number of nitrogens with one attached hydrogen (secondary N) is 1. The number of aromatic nitrogens is 3. The van der Waals surface area contributed by atoms with Gasteiger partial charge in [-0.2, -0.15) is 13.2 Å². The molecule has 0 radical (unpaired) electrons. The molecule has 0 bridgehead atoms. The number of halogens is 3. The summed E-state index contributed by atoms with van der Waals surface area (Å²) in [5, 5.41) is 12.4. The number of carbonyl (C=O) groups is 1. The number of benzene rings is 1. The lowest BCUT2D eigenvalue weighted by Gasteiger charge is -2.26. The first kappa shape index (κ1) is 20.5. The largest absolute Gasteiger partial charge is 0.418 e. The monoisotopic (exact) mass is 435 g/mol. The van der Waals surface area contributed by atoms with Crippen molar-refractivity contribution in [1.29, 1.82) is 0 Å². The second kappa shape index (κ2) is 8.57. The van der Waals surface area contributed by atoms with Crippen molar-refractivity contribution in [3.63, 3.8) is 0 Å². The molecule has 4 rings (SSSR count). The van der Waals surface area contributed by atoms with Crippen LogP contribution in [-0.2, 0) is 6.18 Å². The summed E-state index contributed by atoms with van der Waals surface area (Å²) >= 11 is 1.64. The van der Waals surface area contributed by atoms with Gasteiger partial charge in [0.2, 0.25) is 0 Å². The van der Waals surface area contributed by atoms with Crippen LogP contribution in [0.3, 0.4) is 0 Å². The van der Waals surface area contributed by atoms with Crippen LogP contribution in [0, 0.1) is 0 Å². The summed E-state index contributed by atoms with van der Waals surface area (Å²) in [4.78, 5) is 16.1. The van der Waals surface area contributed by atoms with E-state index in [-0.39, 0.29) is 17.4 Å². The van der Waals surface area contributed by atoms with E-state index in [0.29, 0.717) is 6.54 Å². The summed E-state index contributed by atoms with van der Waals surface area (Å²) in [5.41, 5.74) is -1.04. The summed E-state index contributed by atoms with van der Waals surface area (Å²) in [6.45, 7) is 2.34. The van der Waals surface area contributed by atoms with Gasteiger partial charge in [-0.3, -0.25) is 9.69 Å². The van der Waals surface area contributed by atoms with Crippen molar-refractivity contribution in [3.05, 3.63) is 64.1 Å². The fourth-order valence-corrected chi connectivity index (χ4v) is 4.48. The Hall–Kier alpha value is -2.72. The quantitative estimate of drug-likeness (QED) is 0.638. The van der Waals surface area contributed by atoms with Crippen molar-refractivity contribution in [3.8, 4) is 5.69 Å². The van der Waals surface area contributed by atoms with Crippen LogP contribution in [0.4, 0.5) is 13.2 Å². The molecular weight excluding hydrogens is 415 g/mol. The lowest BCUT2D eigenvalue weighted by molar-refractivity contribution is -0.137. The highest BCUT2D eigenvalue weighted by Gasteiger charge is 2.34. The molecule has 1 saturated heterocycles. The van der Waals surface area contributed by atoms with Crippen molar-refractivity contribution in [1.82, 2.24) is 25.2 Å². The molecule has 6 nitrogen and oxygen atoms in total. The van der Waals surface area contributed by atoms with Gasteiger partial charge in [0, 0.05) is 11.4 Å². The zero-order chi connectivity index (χ0) is 21.1. The van der Waals surface area contributed by atoms with Gasteiger partial charge in [0.25, 0.3) is 5.91 Å². The molecule has 3 heterocycles. The molecule has 0 aliphatic carbocycles. The Kier molecular flexibility index (Phi) is 5.87. The molecule has 1 fully saturated rings. The van der Waals surface area contributed by atoms with Crippen LogP contribution in [0.15, 0.2) is 48.0 Å². The smallest absolute Gasteiger partial charge is 0.349 e. The molecule has 0 saturated carbocycles. The van der Waals surface area contributed by atoms with Crippen molar-refractivity contribution in [2.24, 2.45) is 0 Å². The SMILES string of the molecule is O=C(NCC(c1cccs1)N1CCCC1)c1cn(-c2ccccc2C(F)(F)F)nn1. The molecule has 1 amide bonds. The molecule has 1 aliphatic heterocycles. The Balaban J connectivity index is 1.48. The number of para-hydroxylation sites is 1. The van der Waals surface area contributed by atoms with E-state index in [1.54, 1.807) is 11.3 Å². The van der Waals surface area contributed by atoms with Gasteiger partial charge in [-0.15, -0.1) is 16.4 Å². The topological polar surface area (TPSA) is 63.1 Å². The van der Waals surface area contributed by atoms with Crippen molar-refractivity contribution in [2.75, 3.05) is 19.6 Å². The lowest BCUT2D eigenvalue weighted by Crippen LogP contribution is -2.36. The number of carbonyl (C=O) groups excluding carboxylic acids is 1. The van der Waals surface area contributed by atoms with Crippen LogP contribution in [0.2, 0.25) is 0 Å². The predicted molar refractivity (Wildman–Crippen MR) is 107 cm³/mol. The number of alkyl halides is 3. The van der Waals surface area contributed by atoms with E-state index < -0.39 is 17.6 Å². The predicted octanol–water partition coefficient (Wildman–Crippen LogP) is 3.91. The third-order valence-electron chi connectivity index (χ3n) is 5.09. The first-order valence-corrected chi connectivity index (χ1v) is 10.5. The molecular formula is C20H20F3N5OS. The Morgan fingerprint density at radius 1 is 1.17 bits per heavy atom. The minimum atomic E-state index is -4.53. The van der Waals surface area contributed by atoms with Crippen LogP contribution >= 0.6 is 11.3 Å². The van der Waals surface area contributed by atoms with E-state index in [1.807, 2.05) is 17.5 Å². The van der Waals surface area contributed by atoms with Crippen LogP contribution in [-0.4, -0.2) is 45.4 Å². The number of rotatable bonds is 6. The van der Waals surface area contributed by atoms with Gasteiger partial charge in [-0.05, 0) is 49.5 Å². The summed E-state index contributed by atoms with van der Waals surface area (Å²) in [7, 11) is 0. The third kappa shape index (κ3) is 4.39.